The van der Waals surface area contributed by atoms with E-state index in [-0.39, 0.29) is 11.6 Å². The van der Waals surface area contributed by atoms with E-state index in [1.807, 2.05) is 0 Å². The minimum absolute atomic E-state index is 0.0970. The molecule has 0 spiro atoms. The Morgan fingerprint density at radius 3 is 2.57 bits per heavy atom. The number of ether oxygens (including phenoxy) is 1. The fraction of sp³-hybridized carbons (Fsp3) is 0.522. The number of aromatic nitrogens is 4. The van der Waals surface area contributed by atoms with E-state index in [9.17, 15) is 17.2 Å². The standard InChI is InChI=1S/C23H28F2N8O3S/c1-37(34,35)32-11-16(12-32)27-23-28-21(31-13-18(14-31)30-5-7-36-8-6-30)19-10-26-33(22(19)29-23)17-4-2-3-15(9-17)20(24)25/h2-4,9-10,16,18,20H,5-8,11-14H2,1H3,(H,27,28,29). The van der Waals surface area contributed by atoms with Gasteiger partial charge in [-0.2, -0.15) is 19.4 Å². The van der Waals surface area contributed by atoms with Crippen LogP contribution in [-0.2, 0) is 14.8 Å². The third-order valence-electron chi connectivity index (χ3n) is 7.15. The second-order valence-corrected chi connectivity index (χ2v) is 11.7. The van der Waals surface area contributed by atoms with E-state index < -0.39 is 16.4 Å². The van der Waals surface area contributed by atoms with Gasteiger partial charge in [-0.1, -0.05) is 12.1 Å². The largest absolute Gasteiger partial charge is 0.379 e. The topological polar surface area (TPSA) is 109 Å². The molecule has 0 bridgehead atoms. The Kier molecular flexibility index (Phi) is 6.21. The van der Waals surface area contributed by atoms with Crippen LogP contribution in [0.25, 0.3) is 16.7 Å². The number of alkyl halides is 2. The van der Waals surface area contributed by atoms with Gasteiger partial charge in [0.25, 0.3) is 6.43 Å². The molecule has 1 aromatic carbocycles. The predicted octanol–water partition coefficient (Wildman–Crippen LogP) is 1.33. The van der Waals surface area contributed by atoms with Gasteiger partial charge in [0.05, 0.1) is 42.8 Å². The number of halogens is 2. The summed E-state index contributed by atoms with van der Waals surface area (Å²) >= 11 is 0. The first kappa shape index (κ1) is 24.4. The van der Waals surface area contributed by atoms with E-state index in [1.165, 1.54) is 22.7 Å². The summed E-state index contributed by atoms with van der Waals surface area (Å²) in [7, 11) is -3.25. The van der Waals surface area contributed by atoms with Crippen molar-refractivity contribution in [2.45, 2.75) is 18.5 Å². The van der Waals surface area contributed by atoms with Crippen molar-refractivity contribution in [2.24, 2.45) is 0 Å². The van der Waals surface area contributed by atoms with Crippen LogP contribution in [0.3, 0.4) is 0 Å². The highest BCUT2D eigenvalue weighted by atomic mass is 32.2. The number of sulfonamides is 1. The Morgan fingerprint density at radius 1 is 1.11 bits per heavy atom. The van der Waals surface area contributed by atoms with Crippen LogP contribution in [0, 0.1) is 0 Å². The molecule has 3 fully saturated rings. The number of morpholine rings is 1. The molecule has 3 saturated heterocycles. The van der Waals surface area contributed by atoms with Gasteiger partial charge in [0.15, 0.2) is 5.65 Å². The van der Waals surface area contributed by atoms with Gasteiger partial charge < -0.3 is 15.0 Å². The van der Waals surface area contributed by atoms with Gasteiger partial charge in [0, 0.05) is 50.9 Å². The van der Waals surface area contributed by atoms with Gasteiger partial charge in [-0.15, -0.1) is 0 Å². The zero-order valence-electron chi connectivity index (χ0n) is 20.3. The van der Waals surface area contributed by atoms with Crippen LogP contribution in [-0.4, -0.2) is 108 Å². The van der Waals surface area contributed by atoms with Crippen molar-refractivity contribution >= 4 is 32.8 Å². The number of benzene rings is 1. The molecule has 0 atom stereocenters. The number of fused-ring (bicyclic) bond motifs is 1. The monoisotopic (exact) mass is 534 g/mol. The lowest BCUT2D eigenvalue weighted by Crippen LogP contribution is -2.62. The molecule has 0 unspecified atom stereocenters. The fourth-order valence-electron chi connectivity index (χ4n) is 4.96. The molecule has 0 amide bonds. The lowest BCUT2D eigenvalue weighted by molar-refractivity contribution is 0.0105. The van der Waals surface area contributed by atoms with Crippen LogP contribution in [0.5, 0.6) is 0 Å². The molecule has 1 N–H and O–H groups in total. The molecule has 198 valence electrons. The maximum absolute atomic E-state index is 13.4. The highest BCUT2D eigenvalue weighted by molar-refractivity contribution is 7.88. The smallest absolute Gasteiger partial charge is 0.263 e. The third-order valence-corrected chi connectivity index (χ3v) is 8.39. The van der Waals surface area contributed by atoms with Crippen molar-refractivity contribution in [1.82, 2.24) is 29.0 Å². The lowest BCUT2D eigenvalue weighted by atomic mass is 10.1. The molecular formula is C23H28F2N8O3S. The van der Waals surface area contributed by atoms with Crippen LogP contribution in [0.2, 0.25) is 0 Å². The van der Waals surface area contributed by atoms with Crippen molar-refractivity contribution < 1.29 is 21.9 Å². The molecule has 14 heteroatoms. The molecule has 11 nitrogen and oxygen atoms in total. The van der Waals surface area contributed by atoms with Crippen molar-refractivity contribution in [3.8, 4) is 5.69 Å². The molecule has 5 heterocycles. The summed E-state index contributed by atoms with van der Waals surface area (Å²) < 4.78 is 58.6. The van der Waals surface area contributed by atoms with E-state index in [1.54, 1.807) is 23.0 Å². The lowest BCUT2D eigenvalue weighted by Gasteiger charge is -2.47. The molecule has 3 aromatic rings. The molecule has 37 heavy (non-hydrogen) atoms. The molecule has 6 rings (SSSR count). The van der Waals surface area contributed by atoms with Crippen LogP contribution in [0.4, 0.5) is 20.5 Å². The van der Waals surface area contributed by atoms with Crippen LogP contribution in [0.1, 0.15) is 12.0 Å². The second-order valence-electron chi connectivity index (χ2n) is 9.69. The summed E-state index contributed by atoms with van der Waals surface area (Å²) in [5.41, 5.74) is 0.873. The van der Waals surface area contributed by atoms with E-state index in [4.69, 9.17) is 9.72 Å². The average Bonchev–Trinajstić information content (AvgIpc) is 3.24. The van der Waals surface area contributed by atoms with Gasteiger partial charge in [0.2, 0.25) is 16.0 Å². The number of hydrogen-bond donors (Lipinski definition) is 1. The molecule has 3 aliphatic heterocycles. The van der Waals surface area contributed by atoms with Gasteiger partial charge in [-0.05, 0) is 12.1 Å². The summed E-state index contributed by atoms with van der Waals surface area (Å²) in [6.45, 7) is 5.52. The van der Waals surface area contributed by atoms with Crippen LogP contribution in [0.15, 0.2) is 30.5 Å². The Balaban J connectivity index is 1.32. The second kappa shape index (κ2) is 9.42. The first-order chi connectivity index (χ1) is 17.8. The van der Waals surface area contributed by atoms with E-state index >= 15 is 0 Å². The van der Waals surface area contributed by atoms with Crippen molar-refractivity contribution in [1.29, 1.82) is 0 Å². The van der Waals surface area contributed by atoms with Gasteiger partial charge in [-0.3, -0.25) is 4.90 Å². The number of anilines is 2. The zero-order chi connectivity index (χ0) is 25.7. The van der Waals surface area contributed by atoms with Gasteiger partial charge >= 0.3 is 0 Å². The van der Waals surface area contributed by atoms with E-state index in [2.05, 4.69) is 25.2 Å². The highest BCUT2D eigenvalue weighted by Gasteiger charge is 2.36. The maximum Gasteiger partial charge on any atom is 0.263 e. The predicted molar refractivity (Wildman–Crippen MR) is 134 cm³/mol. The molecule has 2 aromatic heterocycles. The fourth-order valence-corrected chi connectivity index (χ4v) is 5.87. The van der Waals surface area contributed by atoms with Crippen LogP contribution < -0.4 is 10.2 Å². The summed E-state index contributed by atoms with van der Waals surface area (Å²) in [6, 6.07) is 6.33. The van der Waals surface area contributed by atoms with Gasteiger partial charge in [0.1, 0.15) is 5.82 Å². The Bertz CT molecular complexity index is 1400. The van der Waals surface area contributed by atoms with Crippen molar-refractivity contribution in [3.63, 3.8) is 0 Å². The normalized spacial score (nSPS) is 20.4. The number of hydrogen-bond acceptors (Lipinski definition) is 9. The van der Waals surface area contributed by atoms with Crippen molar-refractivity contribution in [3.05, 3.63) is 36.0 Å². The minimum atomic E-state index is -3.25. The highest BCUT2D eigenvalue weighted by Crippen LogP contribution is 2.32. The number of nitrogens with one attached hydrogen (secondary N) is 1. The first-order valence-corrected chi connectivity index (χ1v) is 14.0. The van der Waals surface area contributed by atoms with Crippen LogP contribution >= 0.6 is 0 Å². The van der Waals surface area contributed by atoms with Gasteiger partial charge in [-0.25, -0.2) is 21.9 Å². The quantitative estimate of drug-likeness (QED) is 0.480. The van der Waals surface area contributed by atoms with E-state index in [0.717, 1.165) is 44.8 Å². The average molecular weight is 535 g/mol. The third kappa shape index (κ3) is 4.74. The SMILES string of the molecule is CS(=O)(=O)N1CC(Nc2nc(N3CC(N4CCOCC4)C3)c3cnn(-c4cccc(C(F)F)c4)c3n2)C1. The molecule has 0 saturated carbocycles. The molecule has 0 aliphatic carbocycles. The summed E-state index contributed by atoms with van der Waals surface area (Å²) in [5.74, 6) is 1.06. The summed E-state index contributed by atoms with van der Waals surface area (Å²) in [5, 5.41) is 8.44. The summed E-state index contributed by atoms with van der Waals surface area (Å²) in [6.07, 6.45) is 0.254. The molecule has 0 radical (unpaired) electrons. The first-order valence-electron chi connectivity index (χ1n) is 12.2. The number of nitrogens with zero attached hydrogens (tertiary/aromatic N) is 7. The Hall–Kier alpha value is -2.94. The van der Waals surface area contributed by atoms with E-state index in [0.29, 0.717) is 42.2 Å². The zero-order valence-corrected chi connectivity index (χ0v) is 21.1. The summed E-state index contributed by atoms with van der Waals surface area (Å²) in [4.78, 5) is 14.0. The Morgan fingerprint density at radius 2 is 1.86 bits per heavy atom. The Labute approximate surface area is 213 Å². The minimum Gasteiger partial charge on any atom is -0.379 e. The number of rotatable bonds is 7. The molecular weight excluding hydrogens is 506 g/mol. The maximum atomic E-state index is 13.4. The molecule has 3 aliphatic rings. The van der Waals surface area contributed by atoms with Crippen molar-refractivity contribution in [2.75, 3.05) is 69.0 Å².